The maximum atomic E-state index is 13.0. The summed E-state index contributed by atoms with van der Waals surface area (Å²) < 4.78 is 45.2. The molecule has 0 saturated heterocycles. The van der Waals surface area contributed by atoms with Gasteiger partial charge < -0.3 is 4.74 Å². The van der Waals surface area contributed by atoms with Crippen LogP contribution in [-0.2, 0) is 11.5 Å². The highest BCUT2D eigenvalue weighted by Gasteiger charge is 2.33. The highest BCUT2D eigenvalue weighted by Crippen LogP contribution is 2.37. The number of aryl methyl sites for hydroxylation is 1. The number of benzene rings is 2. The molecule has 2 aromatic carbocycles. The Morgan fingerprint density at radius 3 is 2.38 bits per heavy atom. The molecule has 0 radical (unpaired) electrons. The van der Waals surface area contributed by atoms with Crippen molar-refractivity contribution in [1.82, 2.24) is 0 Å². The first-order valence-electron chi connectivity index (χ1n) is 6.01. The second kappa shape index (κ2) is 6.40. The highest BCUT2D eigenvalue weighted by molar-refractivity contribution is 9.10. The van der Waals surface area contributed by atoms with Crippen molar-refractivity contribution in [2.45, 2.75) is 18.4 Å². The maximum absolute atomic E-state index is 13.0. The molecule has 0 amide bonds. The largest absolute Gasteiger partial charge is 0.456 e. The number of hydrogen-bond donors (Lipinski definition) is 0. The summed E-state index contributed by atoms with van der Waals surface area (Å²) in [6.07, 6.45) is -4.41. The quantitative estimate of drug-likeness (QED) is 0.514. The number of hydrogen-bond acceptors (Lipinski definition) is 1. The Labute approximate surface area is 137 Å². The van der Waals surface area contributed by atoms with Gasteiger partial charge in [-0.05, 0) is 58.2 Å². The van der Waals surface area contributed by atoms with E-state index in [0.29, 0.717) is 10.2 Å². The fourth-order valence-electron chi connectivity index (χ4n) is 1.82. The Morgan fingerprint density at radius 2 is 1.81 bits per heavy atom. The molecule has 0 saturated carbocycles. The summed E-state index contributed by atoms with van der Waals surface area (Å²) in [7, 11) is 0. The van der Waals surface area contributed by atoms with Gasteiger partial charge >= 0.3 is 6.18 Å². The van der Waals surface area contributed by atoms with E-state index in [0.717, 1.165) is 11.6 Å². The lowest BCUT2D eigenvalue weighted by molar-refractivity contribution is -0.138. The third-order valence-corrected chi connectivity index (χ3v) is 4.07. The molecule has 0 aliphatic carbocycles. The molecule has 0 atom stereocenters. The van der Waals surface area contributed by atoms with E-state index in [1.54, 1.807) is 6.07 Å². The minimum atomic E-state index is -4.41. The molecule has 6 heteroatoms. The first kappa shape index (κ1) is 16.4. The third-order valence-electron chi connectivity index (χ3n) is 2.85. The molecule has 0 N–H and O–H groups in total. The molecule has 0 aliphatic heterocycles. The van der Waals surface area contributed by atoms with Crippen LogP contribution in [0.4, 0.5) is 13.2 Å². The minimum Gasteiger partial charge on any atom is -0.456 e. The lowest BCUT2D eigenvalue weighted by atomic mass is 10.1. The monoisotopic (exact) mass is 422 g/mol. The van der Waals surface area contributed by atoms with Gasteiger partial charge in [0.15, 0.2) is 0 Å². The van der Waals surface area contributed by atoms with Gasteiger partial charge in [0, 0.05) is 5.33 Å². The summed E-state index contributed by atoms with van der Waals surface area (Å²) in [5.41, 5.74) is 0.512. The normalized spacial score (nSPS) is 11.5. The van der Waals surface area contributed by atoms with Crippen molar-refractivity contribution >= 4 is 31.9 Å². The zero-order chi connectivity index (χ0) is 15.6. The topological polar surface area (TPSA) is 9.23 Å². The van der Waals surface area contributed by atoms with Crippen LogP contribution in [0.15, 0.2) is 40.9 Å². The predicted molar refractivity (Wildman–Crippen MR) is 83.0 cm³/mol. The van der Waals surface area contributed by atoms with Gasteiger partial charge in [-0.3, -0.25) is 0 Å². The van der Waals surface area contributed by atoms with E-state index < -0.39 is 11.7 Å². The van der Waals surface area contributed by atoms with Crippen LogP contribution in [-0.4, -0.2) is 0 Å². The Bertz CT molecular complexity index is 654. The first-order valence-corrected chi connectivity index (χ1v) is 7.93. The predicted octanol–water partition coefficient (Wildman–Crippen LogP) is 6.46. The molecule has 21 heavy (non-hydrogen) atoms. The number of ether oxygens (including phenoxy) is 1. The molecule has 0 bridgehead atoms. The van der Waals surface area contributed by atoms with Gasteiger partial charge in [-0.25, -0.2) is 0 Å². The van der Waals surface area contributed by atoms with Crippen molar-refractivity contribution < 1.29 is 17.9 Å². The molecule has 2 rings (SSSR count). The molecule has 0 heterocycles. The molecule has 2 aromatic rings. The molecular formula is C15H11Br2F3O. The van der Waals surface area contributed by atoms with Gasteiger partial charge in [-0.2, -0.15) is 13.2 Å². The number of alkyl halides is 4. The SMILES string of the molecule is Cc1ccc(Oc2ccc(CBr)c(C(F)(F)F)c2)c(Br)c1. The van der Waals surface area contributed by atoms with Gasteiger partial charge in [0.2, 0.25) is 0 Å². The molecule has 0 aromatic heterocycles. The van der Waals surface area contributed by atoms with E-state index >= 15 is 0 Å². The van der Waals surface area contributed by atoms with E-state index in [4.69, 9.17) is 4.74 Å². The van der Waals surface area contributed by atoms with Crippen LogP contribution in [0.5, 0.6) is 11.5 Å². The fraction of sp³-hybridized carbons (Fsp3) is 0.200. The third kappa shape index (κ3) is 4.01. The summed E-state index contributed by atoms with van der Waals surface area (Å²) in [6, 6.07) is 9.34. The zero-order valence-electron chi connectivity index (χ0n) is 11.0. The molecule has 112 valence electrons. The molecule has 1 nitrogen and oxygen atoms in total. The summed E-state index contributed by atoms with van der Waals surface area (Å²) in [6.45, 7) is 1.92. The Morgan fingerprint density at radius 1 is 1.10 bits per heavy atom. The van der Waals surface area contributed by atoms with E-state index in [-0.39, 0.29) is 16.6 Å². The van der Waals surface area contributed by atoms with Crippen LogP contribution in [0.2, 0.25) is 0 Å². The van der Waals surface area contributed by atoms with Gasteiger partial charge in [-0.1, -0.05) is 28.1 Å². The first-order chi connectivity index (χ1) is 9.81. The Balaban J connectivity index is 2.37. The minimum absolute atomic E-state index is 0.135. The van der Waals surface area contributed by atoms with E-state index in [2.05, 4.69) is 31.9 Å². The van der Waals surface area contributed by atoms with E-state index in [1.165, 1.54) is 12.1 Å². The van der Waals surface area contributed by atoms with Crippen molar-refractivity contribution in [1.29, 1.82) is 0 Å². The van der Waals surface area contributed by atoms with Gasteiger partial charge in [-0.15, -0.1) is 0 Å². The van der Waals surface area contributed by atoms with Gasteiger partial charge in [0.1, 0.15) is 11.5 Å². The van der Waals surface area contributed by atoms with Crippen molar-refractivity contribution in [3.63, 3.8) is 0 Å². The van der Waals surface area contributed by atoms with Gasteiger partial charge in [0.25, 0.3) is 0 Å². The Hall–Kier alpha value is -1.01. The lowest BCUT2D eigenvalue weighted by Gasteiger charge is -2.14. The molecule has 0 unspecified atom stereocenters. The summed E-state index contributed by atoms with van der Waals surface area (Å²) in [5, 5.41) is 0.135. The van der Waals surface area contributed by atoms with Crippen molar-refractivity contribution in [2.24, 2.45) is 0 Å². The van der Waals surface area contributed by atoms with Gasteiger partial charge in [0.05, 0.1) is 10.0 Å². The molecule has 0 fully saturated rings. The summed E-state index contributed by atoms with van der Waals surface area (Å²) in [5.74, 6) is 0.622. The maximum Gasteiger partial charge on any atom is 0.416 e. The van der Waals surface area contributed by atoms with E-state index in [9.17, 15) is 13.2 Å². The molecule has 0 spiro atoms. The summed E-state index contributed by atoms with van der Waals surface area (Å²) in [4.78, 5) is 0. The van der Waals surface area contributed by atoms with Crippen LogP contribution >= 0.6 is 31.9 Å². The molecule has 0 aliphatic rings. The van der Waals surface area contributed by atoms with Crippen molar-refractivity contribution in [3.8, 4) is 11.5 Å². The van der Waals surface area contributed by atoms with Crippen molar-refractivity contribution in [3.05, 3.63) is 57.6 Å². The summed E-state index contributed by atoms with van der Waals surface area (Å²) >= 11 is 6.40. The smallest absolute Gasteiger partial charge is 0.416 e. The van der Waals surface area contributed by atoms with Crippen LogP contribution < -0.4 is 4.74 Å². The van der Waals surface area contributed by atoms with Crippen LogP contribution in [0, 0.1) is 6.92 Å². The number of rotatable bonds is 3. The average Bonchev–Trinajstić information content (AvgIpc) is 2.41. The second-order valence-electron chi connectivity index (χ2n) is 4.49. The van der Waals surface area contributed by atoms with Crippen LogP contribution in [0.25, 0.3) is 0 Å². The highest BCUT2D eigenvalue weighted by atomic mass is 79.9. The second-order valence-corrected chi connectivity index (χ2v) is 5.90. The lowest BCUT2D eigenvalue weighted by Crippen LogP contribution is -2.08. The standard InChI is InChI=1S/C15H11Br2F3O/c1-9-2-5-14(13(17)6-9)21-11-4-3-10(8-16)12(7-11)15(18,19)20/h2-7H,8H2,1H3. The molecular weight excluding hydrogens is 413 g/mol. The number of halogens is 5. The van der Waals surface area contributed by atoms with E-state index in [1.807, 2.05) is 19.1 Å². The Kier molecular flexibility index (Phi) is 4.99. The fourth-order valence-corrected chi connectivity index (χ4v) is 2.88. The van der Waals surface area contributed by atoms with Crippen LogP contribution in [0.1, 0.15) is 16.7 Å². The average molecular weight is 424 g/mol. The zero-order valence-corrected chi connectivity index (χ0v) is 14.1. The van der Waals surface area contributed by atoms with Crippen LogP contribution in [0.3, 0.4) is 0 Å². The van der Waals surface area contributed by atoms with Crippen molar-refractivity contribution in [2.75, 3.05) is 0 Å².